The molecule has 2 N–H and O–H groups in total. The zero-order valence-corrected chi connectivity index (χ0v) is 13.6. The number of hydrogen-bond donors (Lipinski definition) is 1. The third kappa shape index (κ3) is 4.90. The van der Waals surface area contributed by atoms with Crippen molar-refractivity contribution in [2.24, 2.45) is 11.7 Å². The summed E-state index contributed by atoms with van der Waals surface area (Å²) in [5.41, 5.74) is 7.15. The predicted molar refractivity (Wildman–Crippen MR) is 86.9 cm³/mol. The van der Waals surface area contributed by atoms with Gasteiger partial charge >= 0.3 is 0 Å². The number of piperidine rings is 1. The van der Waals surface area contributed by atoms with Crippen LogP contribution in [-0.4, -0.2) is 37.0 Å². The molecule has 1 fully saturated rings. The Bertz CT molecular complexity index is 450. The van der Waals surface area contributed by atoms with E-state index >= 15 is 0 Å². The van der Waals surface area contributed by atoms with Crippen molar-refractivity contribution in [1.82, 2.24) is 4.90 Å². The van der Waals surface area contributed by atoms with Crippen molar-refractivity contribution in [2.45, 2.75) is 32.2 Å². The van der Waals surface area contributed by atoms with Gasteiger partial charge in [0.1, 0.15) is 5.75 Å². The molecule has 2 rings (SSSR count). The van der Waals surface area contributed by atoms with Crippen LogP contribution in [0.3, 0.4) is 0 Å². The molecule has 0 aliphatic carbocycles. The van der Waals surface area contributed by atoms with Gasteiger partial charge in [0.2, 0.25) is 5.91 Å². The summed E-state index contributed by atoms with van der Waals surface area (Å²) < 4.78 is 5.12. The molecule has 21 heavy (non-hydrogen) atoms. The van der Waals surface area contributed by atoms with Gasteiger partial charge in [-0.1, -0.05) is 19.1 Å². The second kappa shape index (κ2) is 8.25. The summed E-state index contributed by atoms with van der Waals surface area (Å²) in [5, 5.41) is 0. The molecule has 0 saturated carbocycles. The van der Waals surface area contributed by atoms with Crippen LogP contribution < -0.4 is 10.5 Å². The van der Waals surface area contributed by atoms with E-state index in [1.54, 1.807) is 7.11 Å². The summed E-state index contributed by atoms with van der Waals surface area (Å²) in [6.07, 6.45) is 2.25. The number of nitrogens with zero attached hydrogens (tertiary/aromatic N) is 1. The molecule has 118 valence electrons. The lowest BCUT2D eigenvalue weighted by atomic mass is 9.94. The molecule has 5 heteroatoms. The van der Waals surface area contributed by atoms with Gasteiger partial charge in [-0.3, -0.25) is 4.79 Å². The molecule has 0 spiro atoms. The highest BCUT2D eigenvalue weighted by Crippen LogP contribution is 2.17. The van der Waals surface area contributed by atoms with Crippen LogP contribution >= 0.6 is 12.4 Å². The fourth-order valence-electron chi connectivity index (χ4n) is 2.59. The van der Waals surface area contributed by atoms with Crippen molar-refractivity contribution in [3.8, 4) is 5.75 Å². The SMILES string of the molecule is COc1ccc(CCC(=O)N2CCC(N)C(C)C2)cc1.Cl. The molecule has 1 aromatic carbocycles. The number of hydrogen-bond acceptors (Lipinski definition) is 3. The third-order valence-electron chi connectivity index (χ3n) is 4.11. The van der Waals surface area contributed by atoms with E-state index in [1.165, 1.54) is 5.56 Å². The molecule has 2 unspecified atom stereocenters. The van der Waals surface area contributed by atoms with Gasteiger partial charge in [-0.25, -0.2) is 0 Å². The van der Waals surface area contributed by atoms with E-state index in [1.807, 2.05) is 29.2 Å². The summed E-state index contributed by atoms with van der Waals surface area (Å²) in [5.74, 6) is 1.48. The summed E-state index contributed by atoms with van der Waals surface area (Å²) in [6.45, 7) is 3.71. The lowest BCUT2D eigenvalue weighted by Gasteiger charge is -2.35. The molecule has 1 aromatic rings. The fourth-order valence-corrected chi connectivity index (χ4v) is 2.59. The quantitative estimate of drug-likeness (QED) is 0.927. The van der Waals surface area contributed by atoms with Crippen LogP contribution in [-0.2, 0) is 11.2 Å². The number of halogens is 1. The smallest absolute Gasteiger partial charge is 0.222 e. The number of nitrogens with two attached hydrogens (primary N) is 1. The molecular weight excluding hydrogens is 288 g/mol. The van der Waals surface area contributed by atoms with Crippen LogP contribution in [0.1, 0.15) is 25.3 Å². The van der Waals surface area contributed by atoms with Crippen molar-refractivity contribution in [2.75, 3.05) is 20.2 Å². The Morgan fingerprint density at radius 1 is 1.38 bits per heavy atom. The molecule has 1 heterocycles. The number of benzene rings is 1. The van der Waals surface area contributed by atoms with Gasteiger partial charge in [0.25, 0.3) is 0 Å². The van der Waals surface area contributed by atoms with Crippen LogP contribution in [0.2, 0.25) is 0 Å². The number of carbonyl (C=O) groups is 1. The second-order valence-electron chi connectivity index (χ2n) is 5.62. The van der Waals surface area contributed by atoms with Crippen molar-refractivity contribution in [3.63, 3.8) is 0 Å². The topological polar surface area (TPSA) is 55.6 Å². The summed E-state index contributed by atoms with van der Waals surface area (Å²) in [7, 11) is 1.65. The van der Waals surface area contributed by atoms with E-state index in [4.69, 9.17) is 10.5 Å². The number of likely N-dealkylation sites (tertiary alicyclic amines) is 1. The van der Waals surface area contributed by atoms with Gasteiger partial charge in [-0.15, -0.1) is 12.4 Å². The Morgan fingerprint density at radius 2 is 2.05 bits per heavy atom. The first-order chi connectivity index (χ1) is 9.60. The first-order valence-corrected chi connectivity index (χ1v) is 7.26. The van der Waals surface area contributed by atoms with Gasteiger partial charge in [0.05, 0.1) is 7.11 Å². The van der Waals surface area contributed by atoms with Gasteiger partial charge in [0.15, 0.2) is 0 Å². The lowest BCUT2D eigenvalue weighted by molar-refractivity contribution is -0.133. The number of amides is 1. The Labute approximate surface area is 133 Å². The predicted octanol–water partition coefficient (Wildman–Crippen LogP) is 2.25. The number of rotatable bonds is 4. The van der Waals surface area contributed by atoms with Crippen LogP contribution in [0.25, 0.3) is 0 Å². The van der Waals surface area contributed by atoms with Gasteiger partial charge < -0.3 is 15.4 Å². The van der Waals surface area contributed by atoms with E-state index in [-0.39, 0.29) is 24.4 Å². The summed E-state index contributed by atoms with van der Waals surface area (Å²) >= 11 is 0. The second-order valence-corrected chi connectivity index (χ2v) is 5.62. The highest BCUT2D eigenvalue weighted by atomic mass is 35.5. The van der Waals surface area contributed by atoms with Crippen LogP contribution in [0.5, 0.6) is 5.75 Å². The maximum absolute atomic E-state index is 12.2. The van der Waals surface area contributed by atoms with Crippen LogP contribution in [0.4, 0.5) is 0 Å². The van der Waals surface area contributed by atoms with Gasteiger partial charge in [0, 0.05) is 25.6 Å². The summed E-state index contributed by atoms with van der Waals surface area (Å²) in [4.78, 5) is 14.2. The van der Waals surface area contributed by atoms with Crippen molar-refractivity contribution < 1.29 is 9.53 Å². The normalized spacial score (nSPS) is 21.6. The minimum atomic E-state index is 0. The highest BCUT2D eigenvalue weighted by Gasteiger charge is 2.25. The van der Waals surface area contributed by atoms with Gasteiger partial charge in [-0.05, 0) is 36.5 Å². The number of carbonyl (C=O) groups excluding carboxylic acids is 1. The van der Waals surface area contributed by atoms with Crippen molar-refractivity contribution >= 4 is 18.3 Å². The average molecular weight is 313 g/mol. The molecule has 0 bridgehead atoms. The molecule has 1 aliphatic rings. The minimum Gasteiger partial charge on any atom is -0.497 e. The maximum atomic E-state index is 12.2. The number of aryl methyl sites for hydroxylation is 1. The maximum Gasteiger partial charge on any atom is 0.222 e. The molecule has 0 aromatic heterocycles. The van der Waals surface area contributed by atoms with Crippen molar-refractivity contribution in [1.29, 1.82) is 0 Å². The minimum absolute atomic E-state index is 0. The summed E-state index contributed by atoms with van der Waals surface area (Å²) in [6, 6.07) is 8.13. The Hall–Kier alpha value is -1.26. The van der Waals surface area contributed by atoms with E-state index < -0.39 is 0 Å². The van der Waals surface area contributed by atoms with Crippen LogP contribution in [0, 0.1) is 5.92 Å². The first kappa shape index (κ1) is 17.8. The largest absolute Gasteiger partial charge is 0.497 e. The Balaban J connectivity index is 0.00000220. The zero-order chi connectivity index (χ0) is 14.5. The van der Waals surface area contributed by atoms with E-state index in [9.17, 15) is 4.79 Å². The highest BCUT2D eigenvalue weighted by molar-refractivity contribution is 5.85. The van der Waals surface area contributed by atoms with E-state index in [0.29, 0.717) is 12.3 Å². The Morgan fingerprint density at radius 3 is 2.62 bits per heavy atom. The monoisotopic (exact) mass is 312 g/mol. The van der Waals surface area contributed by atoms with E-state index in [0.717, 1.165) is 31.7 Å². The van der Waals surface area contributed by atoms with Crippen LogP contribution in [0.15, 0.2) is 24.3 Å². The number of methoxy groups -OCH3 is 1. The molecule has 1 saturated heterocycles. The molecule has 1 amide bonds. The van der Waals surface area contributed by atoms with Crippen molar-refractivity contribution in [3.05, 3.63) is 29.8 Å². The number of ether oxygens (including phenoxy) is 1. The lowest BCUT2D eigenvalue weighted by Crippen LogP contribution is -2.48. The zero-order valence-electron chi connectivity index (χ0n) is 12.7. The molecule has 4 nitrogen and oxygen atoms in total. The Kier molecular flexibility index (Phi) is 6.99. The fraction of sp³-hybridized carbons (Fsp3) is 0.562. The molecule has 1 aliphatic heterocycles. The molecule has 0 radical (unpaired) electrons. The average Bonchev–Trinajstić information content (AvgIpc) is 2.48. The van der Waals surface area contributed by atoms with Gasteiger partial charge in [-0.2, -0.15) is 0 Å². The van der Waals surface area contributed by atoms with E-state index in [2.05, 4.69) is 6.92 Å². The molecular formula is C16H25ClN2O2. The first-order valence-electron chi connectivity index (χ1n) is 7.26. The standard InChI is InChI=1S/C16H24N2O2.ClH/c1-12-11-18(10-9-15(12)17)16(19)8-5-13-3-6-14(20-2)7-4-13;/h3-4,6-7,12,15H,5,8-11,17H2,1-2H3;1H. The molecule has 2 atom stereocenters. The third-order valence-corrected chi connectivity index (χ3v) is 4.11.